The van der Waals surface area contributed by atoms with Crippen LogP contribution >= 0.6 is 11.6 Å². The van der Waals surface area contributed by atoms with Crippen LogP contribution in [0.4, 0.5) is 5.69 Å². The molecule has 7 nitrogen and oxygen atoms in total. The van der Waals surface area contributed by atoms with Crippen molar-refractivity contribution in [2.75, 3.05) is 17.1 Å². The summed E-state index contributed by atoms with van der Waals surface area (Å²) in [6, 6.07) is 9.89. The zero-order valence-electron chi connectivity index (χ0n) is 17.8. The average Bonchev–Trinajstić information content (AvgIpc) is 3.06. The summed E-state index contributed by atoms with van der Waals surface area (Å²) in [5.74, 6) is 1.10. The molecule has 3 heterocycles. The summed E-state index contributed by atoms with van der Waals surface area (Å²) in [7, 11) is -3.50. The van der Waals surface area contributed by atoms with Gasteiger partial charge in [-0.05, 0) is 55.4 Å². The summed E-state index contributed by atoms with van der Waals surface area (Å²) in [5, 5.41) is 10.3. The van der Waals surface area contributed by atoms with E-state index in [-0.39, 0.29) is 18.6 Å². The molecule has 1 aromatic carbocycles. The highest BCUT2D eigenvalue weighted by Gasteiger charge is 2.32. The van der Waals surface area contributed by atoms with Crippen LogP contribution in [0.25, 0.3) is 11.8 Å². The van der Waals surface area contributed by atoms with E-state index in [2.05, 4.69) is 15.2 Å². The van der Waals surface area contributed by atoms with Gasteiger partial charge < -0.3 is 9.72 Å². The molecule has 1 fully saturated rings. The fourth-order valence-electron chi connectivity index (χ4n) is 4.84. The molecular weight excluding hydrogens is 448 g/mol. The van der Waals surface area contributed by atoms with E-state index in [9.17, 15) is 8.42 Å². The molecule has 0 unspecified atom stereocenters. The van der Waals surface area contributed by atoms with Crippen LogP contribution in [-0.2, 0) is 16.6 Å². The molecule has 0 spiro atoms. The van der Waals surface area contributed by atoms with Crippen LogP contribution in [0.1, 0.15) is 31.2 Å². The summed E-state index contributed by atoms with van der Waals surface area (Å²) >= 11 is 6.79. The number of allylic oxidation sites excluding steroid dienone is 1. The van der Waals surface area contributed by atoms with E-state index in [1.807, 2.05) is 30.3 Å². The van der Waals surface area contributed by atoms with Crippen molar-refractivity contribution in [2.45, 2.75) is 38.3 Å². The molecule has 0 radical (unpaired) electrons. The third-order valence-corrected chi connectivity index (χ3v) is 7.84. The second kappa shape index (κ2) is 8.41. The lowest BCUT2D eigenvalue weighted by Gasteiger charge is -2.30. The van der Waals surface area contributed by atoms with Gasteiger partial charge in [-0.3, -0.25) is 4.31 Å². The molecule has 0 bridgehead atoms. The van der Waals surface area contributed by atoms with Gasteiger partial charge in [-0.2, -0.15) is 10.2 Å². The van der Waals surface area contributed by atoms with Gasteiger partial charge in [0.15, 0.2) is 0 Å². The normalized spacial score (nSPS) is 23.0. The summed E-state index contributed by atoms with van der Waals surface area (Å²) < 4.78 is 32.9. The maximum Gasteiger partial charge on any atom is 0.232 e. The quantitative estimate of drug-likeness (QED) is 0.739. The van der Waals surface area contributed by atoms with Gasteiger partial charge in [0.2, 0.25) is 10.0 Å². The minimum absolute atomic E-state index is 0.164. The Morgan fingerprint density at radius 3 is 2.62 bits per heavy atom. The number of nitrogens with one attached hydrogen (secondary N) is 1. The number of hydrogen-bond donors (Lipinski definition) is 1. The lowest BCUT2D eigenvalue weighted by molar-refractivity contribution is 0.143. The highest BCUT2D eigenvalue weighted by Crippen LogP contribution is 2.38. The van der Waals surface area contributed by atoms with Crippen molar-refractivity contribution in [1.29, 1.82) is 0 Å². The topological polar surface area (TPSA) is 87.1 Å². The Labute approximate surface area is 192 Å². The number of halogens is 1. The number of sulfonamides is 1. The molecular formula is C23H25ClN4O3S. The number of aromatic amines is 1. The van der Waals surface area contributed by atoms with Crippen molar-refractivity contribution < 1.29 is 13.2 Å². The number of H-pyrrole nitrogens is 1. The zero-order valence-corrected chi connectivity index (χ0v) is 19.4. The number of aromatic nitrogens is 1. The van der Waals surface area contributed by atoms with E-state index in [0.29, 0.717) is 17.3 Å². The molecule has 1 saturated carbocycles. The van der Waals surface area contributed by atoms with Crippen LogP contribution in [0.2, 0.25) is 0 Å². The van der Waals surface area contributed by atoms with Gasteiger partial charge in [0, 0.05) is 10.6 Å². The highest BCUT2D eigenvalue weighted by molar-refractivity contribution is 7.92. The van der Waals surface area contributed by atoms with Crippen molar-refractivity contribution in [2.24, 2.45) is 16.1 Å². The van der Waals surface area contributed by atoms with E-state index < -0.39 is 10.0 Å². The minimum Gasteiger partial charge on any atom is -0.490 e. The Morgan fingerprint density at radius 2 is 1.91 bits per heavy atom. The summed E-state index contributed by atoms with van der Waals surface area (Å²) in [4.78, 5) is 3.42. The molecule has 1 N–H and O–H groups in total. The van der Waals surface area contributed by atoms with Gasteiger partial charge in [-0.25, -0.2) is 8.42 Å². The lowest BCUT2D eigenvalue weighted by Crippen LogP contribution is -2.34. The summed E-state index contributed by atoms with van der Waals surface area (Å²) in [6.45, 7) is 0.536. The Kier molecular flexibility index (Phi) is 5.59. The Bertz CT molecular complexity index is 1310. The molecule has 3 aliphatic rings. The van der Waals surface area contributed by atoms with Gasteiger partial charge in [0.25, 0.3) is 0 Å². The number of rotatable bonds is 4. The van der Waals surface area contributed by atoms with E-state index >= 15 is 0 Å². The van der Waals surface area contributed by atoms with Crippen molar-refractivity contribution in [3.63, 3.8) is 0 Å². The number of hydrogen-bond acceptors (Lipinski definition) is 5. The number of nitrogens with zero attached hydrogens (tertiary/aromatic N) is 3. The van der Waals surface area contributed by atoms with Crippen molar-refractivity contribution in [3.05, 3.63) is 57.7 Å². The Morgan fingerprint density at radius 1 is 1.16 bits per heavy atom. The monoisotopic (exact) mass is 472 g/mol. The van der Waals surface area contributed by atoms with Gasteiger partial charge >= 0.3 is 0 Å². The predicted octanol–water partition coefficient (Wildman–Crippen LogP) is 3.41. The Balaban J connectivity index is 1.52. The number of ether oxygens (including phenoxy) is 1. The van der Waals surface area contributed by atoms with Crippen LogP contribution in [0, 0.1) is 5.92 Å². The van der Waals surface area contributed by atoms with E-state index in [4.69, 9.17) is 16.3 Å². The first-order valence-electron chi connectivity index (χ1n) is 10.8. The molecule has 0 saturated heterocycles. The third kappa shape index (κ3) is 3.97. The third-order valence-electron chi connectivity index (χ3n) is 6.35. The first-order chi connectivity index (χ1) is 15.4. The highest BCUT2D eigenvalue weighted by atomic mass is 35.5. The first kappa shape index (κ1) is 21.3. The van der Waals surface area contributed by atoms with Crippen molar-refractivity contribution in [3.8, 4) is 5.75 Å². The molecule has 5 rings (SSSR count). The largest absolute Gasteiger partial charge is 0.490 e. The van der Waals surface area contributed by atoms with Crippen molar-refractivity contribution in [1.82, 2.24) is 4.98 Å². The molecule has 0 amide bonds. The van der Waals surface area contributed by atoms with Crippen LogP contribution in [0.15, 0.2) is 51.7 Å². The number of anilines is 1. The predicted molar refractivity (Wildman–Crippen MR) is 125 cm³/mol. The van der Waals surface area contributed by atoms with Gasteiger partial charge in [0.1, 0.15) is 5.75 Å². The van der Waals surface area contributed by atoms with Gasteiger partial charge in [-0.1, -0.05) is 29.8 Å². The van der Waals surface area contributed by atoms with Crippen LogP contribution in [-0.4, -0.2) is 32.3 Å². The maximum absolute atomic E-state index is 12.6. The molecule has 9 heteroatoms. The number of para-hydroxylation sites is 1. The van der Waals surface area contributed by atoms with Crippen LogP contribution in [0.3, 0.4) is 0 Å². The number of benzene rings is 1. The lowest BCUT2D eigenvalue weighted by atomic mass is 9.81. The first-order valence-corrected chi connectivity index (χ1v) is 13.0. The molecule has 2 aromatic rings. The molecule has 1 aromatic heterocycles. The van der Waals surface area contributed by atoms with Crippen molar-refractivity contribution >= 4 is 39.1 Å². The standard InChI is InChI=1S/C23H25ClN4O3S/c1-32(29,30)28-12-11-19(24)21(22-23(28)18-13-25-26-14-20(18)27-22)15-7-9-17(10-8-15)31-16-5-3-2-4-6-16/h2-6,11,14-15,17,27H,7-10,12-13H2,1H3. The maximum atomic E-state index is 12.6. The second-order valence-corrected chi connectivity index (χ2v) is 10.8. The minimum atomic E-state index is -3.50. The Hall–Kier alpha value is -2.58. The summed E-state index contributed by atoms with van der Waals surface area (Å²) in [6.07, 6.45) is 8.49. The van der Waals surface area contributed by atoms with E-state index in [1.165, 1.54) is 10.6 Å². The van der Waals surface area contributed by atoms with Gasteiger partial charge in [-0.15, -0.1) is 0 Å². The number of fused-ring (bicyclic) bond motifs is 3. The van der Waals surface area contributed by atoms with Gasteiger partial charge in [0.05, 0.1) is 48.0 Å². The van der Waals surface area contributed by atoms with E-state index in [0.717, 1.165) is 53.3 Å². The second-order valence-electron chi connectivity index (χ2n) is 8.45. The average molecular weight is 473 g/mol. The molecule has 2 aliphatic heterocycles. The smallest absolute Gasteiger partial charge is 0.232 e. The number of azo groups is 1. The molecule has 32 heavy (non-hydrogen) atoms. The molecule has 168 valence electrons. The SMILES string of the molecule is CS(=O)(=O)N1CC=C(Cl)C(C2CCC(Oc3ccccc3)CC2)=c2[nH]c3c(c21)CN=NC=3. The van der Waals surface area contributed by atoms with Crippen LogP contribution < -0.4 is 19.7 Å². The van der Waals surface area contributed by atoms with Crippen LogP contribution in [0.5, 0.6) is 5.75 Å². The van der Waals surface area contributed by atoms with E-state index in [1.54, 1.807) is 12.3 Å². The molecule has 1 aliphatic carbocycles. The molecule has 0 atom stereocenters. The summed E-state index contributed by atoms with van der Waals surface area (Å²) in [5.41, 5.74) is 2.48. The fourth-order valence-corrected chi connectivity index (χ4v) is 6.04. The zero-order chi connectivity index (χ0) is 22.3. The fraction of sp³-hybridized carbons (Fsp3) is 0.391.